The summed E-state index contributed by atoms with van der Waals surface area (Å²) in [5.74, 6) is 0.140. The van der Waals surface area contributed by atoms with Crippen LogP contribution in [0.15, 0.2) is 0 Å². The summed E-state index contributed by atoms with van der Waals surface area (Å²) in [6.07, 6.45) is 6.20. The lowest BCUT2D eigenvalue weighted by Crippen LogP contribution is -2.64. The number of hydrogen-bond acceptors (Lipinski definition) is 2. The molecule has 0 spiro atoms. The molecule has 1 saturated carbocycles. The average molecular weight is 238 g/mol. The number of amides is 2. The minimum atomic E-state index is -0.351. The van der Waals surface area contributed by atoms with Crippen LogP contribution in [-0.2, 0) is 9.59 Å². The number of rotatable bonds is 3. The fourth-order valence-corrected chi connectivity index (χ4v) is 3.04. The van der Waals surface area contributed by atoms with Gasteiger partial charge >= 0.3 is 0 Å². The van der Waals surface area contributed by atoms with Gasteiger partial charge in [-0.2, -0.15) is 0 Å². The summed E-state index contributed by atoms with van der Waals surface area (Å²) in [7, 11) is 0. The molecule has 1 aliphatic carbocycles. The van der Waals surface area contributed by atoms with Crippen LogP contribution in [0.2, 0.25) is 0 Å². The zero-order chi connectivity index (χ0) is 12.4. The molecule has 4 nitrogen and oxygen atoms in total. The minimum Gasteiger partial charge on any atom is -0.343 e. The van der Waals surface area contributed by atoms with Gasteiger partial charge in [-0.25, -0.2) is 0 Å². The lowest BCUT2D eigenvalue weighted by Gasteiger charge is -2.41. The average Bonchev–Trinajstić information content (AvgIpc) is 2.80. The summed E-state index contributed by atoms with van der Waals surface area (Å²) in [5, 5.41) is 2.79. The fraction of sp³-hybridized carbons (Fsp3) is 0.846. The SMILES string of the molecule is CCCC1C(=O)NC(C)C(=O)N1C1CCCC1. The normalized spacial score (nSPS) is 30.8. The Balaban J connectivity index is 2.19. The van der Waals surface area contributed by atoms with Crippen LogP contribution in [0.4, 0.5) is 0 Å². The summed E-state index contributed by atoms with van der Waals surface area (Å²) < 4.78 is 0. The van der Waals surface area contributed by atoms with Crippen LogP contribution in [0.5, 0.6) is 0 Å². The highest BCUT2D eigenvalue weighted by atomic mass is 16.2. The van der Waals surface area contributed by atoms with Crippen molar-refractivity contribution in [3.05, 3.63) is 0 Å². The van der Waals surface area contributed by atoms with Crippen molar-refractivity contribution in [3.63, 3.8) is 0 Å². The van der Waals surface area contributed by atoms with Gasteiger partial charge in [0.25, 0.3) is 0 Å². The largest absolute Gasteiger partial charge is 0.343 e. The van der Waals surface area contributed by atoms with E-state index >= 15 is 0 Å². The Morgan fingerprint density at radius 3 is 2.53 bits per heavy atom. The Morgan fingerprint density at radius 1 is 1.29 bits per heavy atom. The monoisotopic (exact) mass is 238 g/mol. The number of carbonyl (C=O) groups is 2. The number of carbonyl (C=O) groups excluding carboxylic acids is 2. The molecule has 2 rings (SSSR count). The summed E-state index contributed by atoms with van der Waals surface area (Å²) in [5.41, 5.74) is 0. The number of piperazine rings is 1. The lowest BCUT2D eigenvalue weighted by atomic mass is 10.00. The molecule has 0 aromatic heterocycles. The summed E-state index contributed by atoms with van der Waals surface area (Å²) >= 11 is 0. The van der Waals surface area contributed by atoms with Crippen LogP contribution >= 0.6 is 0 Å². The molecule has 0 aromatic rings. The molecule has 2 unspecified atom stereocenters. The van der Waals surface area contributed by atoms with Crippen molar-refractivity contribution in [1.82, 2.24) is 10.2 Å². The fourth-order valence-electron chi connectivity index (χ4n) is 3.04. The van der Waals surface area contributed by atoms with E-state index in [-0.39, 0.29) is 23.9 Å². The molecule has 2 aliphatic rings. The Kier molecular flexibility index (Phi) is 3.69. The highest BCUT2D eigenvalue weighted by Gasteiger charge is 2.42. The van der Waals surface area contributed by atoms with Gasteiger partial charge in [0.2, 0.25) is 11.8 Å². The maximum atomic E-state index is 12.3. The first-order valence-corrected chi connectivity index (χ1v) is 6.77. The third-order valence-electron chi connectivity index (χ3n) is 3.90. The number of hydrogen-bond donors (Lipinski definition) is 1. The van der Waals surface area contributed by atoms with Gasteiger partial charge in [0, 0.05) is 6.04 Å². The molecule has 1 N–H and O–H groups in total. The van der Waals surface area contributed by atoms with Gasteiger partial charge in [-0.05, 0) is 26.2 Å². The molecule has 0 aromatic carbocycles. The van der Waals surface area contributed by atoms with E-state index in [4.69, 9.17) is 0 Å². The van der Waals surface area contributed by atoms with Crippen molar-refractivity contribution in [1.29, 1.82) is 0 Å². The van der Waals surface area contributed by atoms with Gasteiger partial charge in [0.15, 0.2) is 0 Å². The molecule has 2 amide bonds. The van der Waals surface area contributed by atoms with Crippen molar-refractivity contribution in [2.75, 3.05) is 0 Å². The van der Waals surface area contributed by atoms with E-state index < -0.39 is 0 Å². The molecule has 0 radical (unpaired) electrons. The predicted octanol–water partition coefficient (Wildman–Crippen LogP) is 1.44. The second-order valence-corrected chi connectivity index (χ2v) is 5.22. The Morgan fingerprint density at radius 2 is 1.94 bits per heavy atom. The Hall–Kier alpha value is -1.06. The van der Waals surface area contributed by atoms with E-state index in [0.29, 0.717) is 6.04 Å². The first-order chi connectivity index (χ1) is 8.15. The third kappa shape index (κ3) is 2.31. The molecule has 96 valence electrons. The van der Waals surface area contributed by atoms with Crippen LogP contribution in [0.25, 0.3) is 0 Å². The van der Waals surface area contributed by atoms with Crippen LogP contribution in [-0.4, -0.2) is 34.8 Å². The number of nitrogens with zero attached hydrogens (tertiary/aromatic N) is 1. The quantitative estimate of drug-likeness (QED) is 0.809. The van der Waals surface area contributed by atoms with Crippen LogP contribution in [0.1, 0.15) is 52.4 Å². The summed E-state index contributed by atoms with van der Waals surface area (Å²) in [6.45, 7) is 3.84. The van der Waals surface area contributed by atoms with Gasteiger partial charge < -0.3 is 10.2 Å². The molecule has 17 heavy (non-hydrogen) atoms. The standard InChI is InChI=1S/C13H22N2O2/c1-3-6-11-12(16)14-9(2)13(17)15(11)10-7-4-5-8-10/h9-11H,3-8H2,1-2H3,(H,14,16). The van der Waals surface area contributed by atoms with Crippen LogP contribution in [0.3, 0.4) is 0 Å². The first-order valence-electron chi connectivity index (χ1n) is 6.77. The zero-order valence-electron chi connectivity index (χ0n) is 10.7. The van der Waals surface area contributed by atoms with E-state index in [1.165, 1.54) is 12.8 Å². The van der Waals surface area contributed by atoms with Crippen molar-refractivity contribution in [2.24, 2.45) is 0 Å². The van der Waals surface area contributed by atoms with Gasteiger partial charge in [-0.3, -0.25) is 9.59 Å². The Labute approximate surface area is 103 Å². The molecule has 1 heterocycles. The van der Waals surface area contributed by atoms with Crippen molar-refractivity contribution in [2.45, 2.75) is 70.5 Å². The molecule has 0 bridgehead atoms. The van der Waals surface area contributed by atoms with Crippen LogP contribution < -0.4 is 5.32 Å². The van der Waals surface area contributed by atoms with Crippen molar-refractivity contribution in [3.8, 4) is 0 Å². The number of nitrogens with one attached hydrogen (secondary N) is 1. The van der Waals surface area contributed by atoms with E-state index in [0.717, 1.165) is 25.7 Å². The molecular formula is C13H22N2O2. The highest BCUT2D eigenvalue weighted by molar-refractivity contribution is 5.96. The van der Waals surface area contributed by atoms with Gasteiger partial charge in [-0.1, -0.05) is 26.2 Å². The molecule has 2 fully saturated rings. The molecule has 4 heteroatoms. The Bertz CT molecular complexity index is 311. The van der Waals surface area contributed by atoms with E-state index in [1.807, 2.05) is 4.90 Å². The molecular weight excluding hydrogens is 216 g/mol. The van der Waals surface area contributed by atoms with E-state index in [2.05, 4.69) is 12.2 Å². The topological polar surface area (TPSA) is 49.4 Å². The smallest absolute Gasteiger partial charge is 0.245 e. The second kappa shape index (κ2) is 5.07. The maximum Gasteiger partial charge on any atom is 0.245 e. The maximum absolute atomic E-state index is 12.3. The minimum absolute atomic E-state index is 0.0332. The first kappa shape index (κ1) is 12.4. The van der Waals surface area contributed by atoms with Gasteiger partial charge in [-0.15, -0.1) is 0 Å². The summed E-state index contributed by atoms with van der Waals surface area (Å²) in [6, 6.07) is -0.282. The van der Waals surface area contributed by atoms with E-state index in [9.17, 15) is 9.59 Å². The van der Waals surface area contributed by atoms with Crippen molar-refractivity contribution < 1.29 is 9.59 Å². The predicted molar refractivity (Wildman–Crippen MR) is 65.4 cm³/mol. The molecule has 1 aliphatic heterocycles. The van der Waals surface area contributed by atoms with E-state index in [1.54, 1.807) is 6.92 Å². The third-order valence-corrected chi connectivity index (χ3v) is 3.90. The van der Waals surface area contributed by atoms with Gasteiger partial charge in [0.05, 0.1) is 0 Å². The lowest BCUT2D eigenvalue weighted by molar-refractivity contribution is -0.151. The van der Waals surface area contributed by atoms with Crippen molar-refractivity contribution >= 4 is 11.8 Å². The summed E-state index contributed by atoms with van der Waals surface area (Å²) in [4.78, 5) is 26.1. The highest BCUT2D eigenvalue weighted by Crippen LogP contribution is 2.28. The molecule has 1 saturated heterocycles. The second-order valence-electron chi connectivity index (χ2n) is 5.22. The molecule has 2 atom stereocenters. The van der Waals surface area contributed by atoms with Gasteiger partial charge in [0.1, 0.15) is 12.1 Å². The zero-order valence-corrected chi connectivity index (χ0v) is 10.7. The van der Waals surface area contributed by atoms with Crippen LogP contribution in [0, 0.1) is 0 Å².